The summed E-state index contributed by atoms with van der Waals surface area (Å²) in [6, 6.07) is 0.951. The highest BCUT2D eigenvalue weighted by atomic mass is 19.4. The molecule has 0 aliphatic heterocycles. The summed E-state index contributed by atoms with van der Waals surface area (Å²) in [5.74, 6) is -2.85. The molecule has 0 fully saturated rings. The number of hydrogen-bond acceptors (Lipinski definition) is 2. The molecule has 0 saturated heterocycles. The SMILES string of the molecule is CC(C)C(=O)c1ccnc(C(F)(F)F)c1F. The third-order valence-corrected chi connectivity index (χ3v) is 1.95. The van der Waals surface area contributed by atoms with Crippen molar-refractivity contribution in [2.45, 2.75) is 20.0 Å². The van der Waals surface area contributed by atoms with Crippen LogP contribution >= 0.6 is 0 Å². The van der Waals surface area contributed by atoms with E-state index in [9.17, 15) is 22.4 Å². The first-order valence-corrected chi connectivity index (χ1v) is 4.51. The molecule has 0 radical (unpaired) electrons. The second-order valence-corrected chi connectivity index (χ2v) is 3.54. The van der Waals surface area contributed by atoms with Crippen LogP contribution in [0.25, 0.3) is 0 Å². The minimum absolute atomic E-state index is 0.571. The van der Waals surface area contributed by atoms with E-state index in [0.29, 0.717) is 0 Å². The fourth-order valence-electron chi connectivity index (χ4n) is 1.14. The highest BCUT2D eigenvalue weighted by Crippen LogP contribution is 2.31. The molecule has 0 amide bonds. The van der Waals surface area contributed by atoms with Crippen LogP contribution in [0.4, 0.5) is 17.6 Å². The van der Waals surface area contributed by atoms with Gasteiger partial charge in [-0.1, -0.05) is 13.8 Å². The predicted molar refractivity (Wildman–Crippen MR) is 48.4 cm³/mol. The van der Waals surface area contributed by atoms with Crippen LogP contribution in [-0.2, 0) is 6.18 Å². The van der Waals surface area contributed by atoms with Crippen molar-refractivity contribution in [1.82, 2.24) is 4.98 Å². The number of nitrogens with zero attached hydrogens (tertiary/aromatic N) is 1. The van der Waals surface area contributed by atoms with Gasteiger partial charge < -0.3 is 0 Å². The average molecular weight is 235 g/mol. The lowest BCUT2D eigenvalue weighted by atomic mass is 10.0. The molecule has 1 heterocycles. The smallest absolute Gasteiger partial charge is 0.294 e. The lowest BCUT2D eigenvalue weighted by Crippen LogP contribution is -2.17. The van der Waals surface area contributed by atoms with Crippen molar-refractivity contribution in [3.8, 4) is 0 Å². The first-order chi connectivity index (χ1) is 7.25. The molecule has 0 saturated carbocycles. The minimum atomic E-state index is -4.89. The first kappa shape index (κ1) is 12.6. The van der Waals surface area contributed by atoms with Gasteiger partial charge in [-0.3, -0.25) is 4.79 Å². The van der Waals surface area contributed by atoms with Crippen molar-refractivity contribution in [3.63, 3.8) is 0 Å². The molecule has 16 heavy (non-hydrogen) atoms. The van der Waals surface area contributed by atoms with E-state index in [1.54, 1.807) is 0 Å². The predicted octanol–water partition coefficient (Wildman–Crippen LogP) is 3.08. The van der Waals surface area contributed by atoms with E-state index in [1.165, 1.54) is 13.8 Å². The van der Waals surface area contributed by atoms with Gasteiger partial charge in [-0.05, 0) is 6.07 Å². The molecule has 0 unspecified atom stereocenters. The summed E-state index contributed by atoms with van der Waals surface area (Å²) in [7, 11) is 0. The maximum Gasteiger partial charge on any atom is 0.436 e. The number of carbonyl (C=O) groups is 1. The number of carbonyl (C=O) groups excluding carboxylic acids is 1. The Hall–Kier alpha value is -1.46. The second kappa shape index (κ2) is 4.19. The summed E-state index contributed by atoms with van der Waals surface area (Å²) in [4.78, 5) is 14.3. The highest BCUT2D eigenvalue weighted by Gasteiger charge is 2.37. The zero-order valence-corrected chi connectivity index (χ0v) is 8.60. The summed E-state index contributed by atoms with van der Waals surface area (Å²) >= 11 is 0. The number of ketones is 1. The van der Waals surface area contributed by atoms with Gasteiger partial charge in [0.25, 0.3) is 0 Å². The Bertz CT molecular complexity index is 412. The molecule has 0 atom stereocenters. The zero-order chi connectivity index (χ0) is 12.5. The monoisotopic (exact) mass is 235 g/mol. The van der Waals surface area contributed by atoms with Gasteiger partial charge in [0.15, 0.2) is 17.3 Å². The molecular weight excluding hydrogens is 226 g/mol. The third-order valence-electron chi connectivity index (χ3n) is 1.95. The lowest BCUT2D eigenvalue weighted by Gasteiger charge is -2.10. The molecule has 1 rings (SSSR count). The Morgan fingerprint density at radius 3 is 2.38 bits per heavy atom. The normalized spacial score (nSPS) is 11.9. The lowest BCUT2D eigenvalue weighted by molar-refractivity contribution is -0.143. The standard InChI is InChI=1S/C10H9F4NO/c1-5(2)8(16)6-3-4-15-9(7(6)11)10(12,13)14/h3-5H,1-2H3. The maximum atomic E-state index is 13.4. The molecule has 2 nitrogen and oxygen atoms in total. The van der Waals surface area contributed by atoms with Gasteiger partial charge in [0.05, 0.1) is 5.56 Å². The summed E-state index contributed by atoms with van der Waals surface area (Å²) < 4.78 is 50.2. The molecular formula is C10H9F4NO. The van der Waals surface area contributed by atoms with Crippen molar-refractivity contribution in [2.24, 2.45) is 5.92 Å². The fourth-order valence-corrected chi connectivity index (χ4v) is 1.14. The molecule has 0 bridgehead atoms. The second-order valence-electron chi connectivity index (χ2n) is 3.54. The summed E-state index contributed by atoms with van der Waals surface area (Å²) in [6.07, 6.45) is -4.11. The molecule has 0 N–H and O–H groups in total. The van der Waals surface area contributed by atoms with E-state index in [2.05, 4.69) is 4.98 Å². The van der Waals surface area contributed by atoms with Crippen LogP contribution < -0.4 is 0 Å². The van der Waals surface area contributed by atoms with Gasteiger partial charge in [0.1, 0.15) is 0 Å². The maximum absolute atomic E-state index is 13.4. The van der Waals surface area contributed by atoms with E-state index in [-0.39, 0.29) is 0 Å². The van der Waals surface area contributed by atoms with Gasteiger partial charge in [0.2, 0.25) is 0 Å². The minimum Gasteiger partial charge on any atom is -0.294 e. The van der Waals surface area contributed by atoms with Crippen molar-refractivity contribution in [2.75, 3.05) is 0 Å². The van der Waals surface area contributed by atoms with Gasteiger partial charge in [-0.15, -0.1) is 0 Å². The number of alkyl halides is 3. The molecule has 1 aromatic rings. The Morgan fingerprint density at radius 2 is 1.94 bits per heavy atom. The van der Waals surface area contributed by atoms with Crippen LogP contribution in [-0.4, -0.2) is 10.8 Å². The third kappa shape index (κ3) is 2.37. The number of aromatic nitrogens is 1. The van der Waals surface area contributed by atoms with Gasteiger partial charge in [-0.2, -0.15) is 13.2 Å². The molecule has 0 aliphatic rings. The van der Waals surface area contributed by atoms with E-state index in [1.807, 2.05) is 0 Å². The zero-order valence-electron chi connectivity index (χ0n) is 8.60. The number of halogens is 4. The van der Waals surface area contributed by atoms with E-state index >= 15 is 0 Å². The quantitative estimate of drug-likeness (QED) is 0.582. The van der Waals surface area contributed by atoms with Gasteiger partial charge >= 0.3 is 6.18 Å². The number of pyridine rings is 1. The van der Waals surface area contributed by atoms with Crippen molar-refractivity contribution in [1.29, 1.82) is 0 Å². The highest BCUT2D eigenvalue weighted by molar-refractivity contribution is 5.97. The Morgan fingerprint density at radius 1 is 1.38 bits per heavy atom. The van der Waals surface area contributed by atoms with Crippen molar-refractivity contribution < 1.29 is 22.4 Å². The molecule has 88 valence electrons. The van der Waals surface area contributed by atoms with Crippen LogP contribution in [0.1, 0.15) is 29.9 Å². The Labute approximate surface area is 89.3 Å². The van der Waals surface area contributed by atoms with Crippen LogP contribution in [0, 0.1) is 11.7 Å². The van der Waals surface area contributed by atoms with Crippen molar-refractivity contribution >= 4 is 5.78 Å². The largest absolute Gasteiger partial charge is 0.436 e. The summed E-state index contributed by atoms with van der Waals surface area (Å²) in [5.41, 5.74) is -2.23. The number of hydrogen-bond donors (Lipinski definition) is 0. The molecule has 0 aromatic carbocycles. The van der Waals surface area contributed by atoms with Crippen molar-refractivity contribution in [3.05, 3.63) is 29.3 Å². The number of rotatable bonds is 2. The fraction of sp³-hybridized carbons (Fsp3) is 0.400. The van der Waals surface area contributed by atoms with Gasteiger partial charge in [0, 0.05) is 12.1 Å². The van der Waals surface area contributed by atoms with Crippen LogP contribution in [0.15, 0.2) is 12.3 Å². The number of Topliss-reactive ketones (excluding diaryl/α,β-unsaturated/α-hetero) is 1. The molecule has 6 heteroatoms. The van der Waals surface area contributed by atoms with Gasteiger partial charge in [-0.25, -0.2) is 9.37 Å². The van der Waals surface area contributed by atoms with Crippen LogP contribution in [0.3, 0.4) is 0 Å². The Balaban J connectivity index is 3.30. The van der Waals surface area contributed by atoms with E-state index < -0.39 is 35.0 Å². The molecule has 0 aliphatic carbocycles. The molecule has 1 aromatic heterocycles. The first-order valence-electron chi connectivity index (χ1n) is 4.51. The van der Waals surface area contributed by atoms with E-state index in [0.717, 1.165) is 12.3 Å². The van der Waals surface area contributed by atoms with E-state index in [4.69, 9.17) is 0 Å². The summed E-state index contributed by atoms with van der Waals surface area (Å²) in [5, 5.41) is 0. The van der Waals surface area contributed by atoms with Crippen LogP contribution in [0.2, 0.25) is 0 Å². The topological polar surface area (TPSA) is 30.0 Å². The molecule has 0 spiro atoms. The Kier molecular flexibility index (Phi) is 3.30. The van der Waals surface area contributed by atoms with Crippen LogP contribution in [0.5, 0.6) is 0 Å². The summed E-state index contributed by atoms with van der Waals surface area (Å²) in [6.45, 7) is 2.96. The average Bonchev–Trinajstić information content (AvgIpc) is 2.15.